The molecule has 0 radical (unpaired) electrons. The zero-order valence-corrected chi connectivity index (χ0v) is 22.6. The molecule has 2 saturated heterocycles. The maximum Gasteiger partial charge on any atom is 0.191 e. The monoisotopic (exact) mass is 559 g/mol. The second-order valence-corrected chi connectivity index (χ2v) is 8.80. The summed E-state index contributed by atoms with van der Waals surface area (Å²) in [5, 5.41) is 7.11. The van der Waals surface area contributed by atoms with Crippen LogP contribution in [0.3, 0.4) is 0 Å². The SMILES string of the molecule is CCNC(=NCc1ccc(OC)cc1OC)NCC1(N2CCCCC2)CCN(C)CC1.I. The molecule has 0 saturated carbocycles. The zero-order chi connectivity index (χ0) is 22.1. The van der Waals surface area contributed by atoms with E-state index in [2.05, 4.69) is 34.4 Å². The lowest BCUT2D eigenvalue weighted by Gasteiger charge is -2.50. The van der Waals surface area contributed by atoms with Gasteiger partial charge in [-0.2, -0.15) is 0 Å². The molecule has 182 valence electrons. The van der Waals surface area contributed by atoms with Gasteiger partial charge >= 0.3 is 0 Å². The van der Waals surface area contributed by atoms with Gasteiger partial charge in [-0.15, -0.1) is 24.0 Å². The highest BCUT2D eigenvalue weighted by atomic mass is 127. The molecule has 0 aliphatic carbocycles. The summed E-state index contributed by atoms with van der Waals surface area (Å²) >= 11 is 0. The van der Waals surface area contributed by atoms with Crippen molar-refractivity contribution in [1.29, 1.82) is 0 Å². The topological polar surface area (TPSA) is 61.4 Å². The number of methoxy groups -OCH3 is 2. The lowest BCUT2D eigenvalue weighted by Crippen LogP contribution is -2.62. The van der Waals surface area contributed by atoms with Crippen LogP contribution in [0.1, 0.15) is 44.6 Å². The van der Waals surface area contributed by atoms with Gasteiger partial charge in [-0.25, -0.2) is 4.99 Å². The Bertz CT molecular complexity index is 716. The molecule has 2 heterocycles. The Morgan fingerprint density at radius 1 is 1.03 bits per heavy atom. The van der Waals surface area contributed by atoms with Crippen molar-refractivity contribution in [3.8, 4) is 11.5 Å². The quantitative estimate of drug-likeness (QED) is 0.290. The smallest absolute Gasteiger partial charge is 0.191 e. The Morgan fingerprint density at radius 2 is 1.75 bits per heavy atom. The van der Waals surface area contributed by atoms with E-state index in [1.165, 1.54) is 45.2 Å². The van der Waals surface area contributed by atoms with Crippen LogP contribution < -0.4 is 20.1 Å². The number of benzene rings is 1. The van der Waals surface area contributed by atoms with Gasteiger partial charge in [-0.05, 0) is 78.0 Å². The second kappa shape index (κ2) is 13.4. The van der Waals surface area contributed by atoms with Gasteiger partial charge in [0.05, 0.1) is 20.8 Å². The number of halogens is 1. The zero-order valence-electron chi connectivity index (χ0n) is 20.3. The van der Waals surface area contributed by atoms with E-state index in [1.807, 2.05) is 18.2 Å². The highest BCUT2D eigenvalue weighted by molar-refractivity contribution is 14.0. The minimum Gasteiger partial charge on any atom is -0.497 e. The van der Waals surface area contributed by atoms with Gasteiger partial charge in [0, 0.05) is 30.3 Å². The Hall–Kier alpha value is -1.26. The molecule has 7 nitrogen and oxygen atoms in total. The largest absolute Gasteiger partial charge is 0.497 e. The van der Waals surface area contributed by atoms with Crippen molar-refractivity contribution in [2.45, 2.75) is 51.1 Å². The first-order valence-electron chi connectivity index (χ1n) is 11.8. The number of nitrogens with zero attached hydrogens (tertiary/aromatic N) is 3. The standard InChI is InChI=1S/C24H41N5O2.HI/c1-5-25-23(26-18-20-9-10-21(30-3)17-22(20)31-4)27-19-24(11-15-28(2)16-12-24)29-13-7-6-8-14-29;/h9-10,17H,5-8,11-16,18-19H2,1-4H3,(H2,25,26,27);1H. The van der Waals surface area contributed by atoms with Crippen molar-refractivity contribution < 1.29 is 9.47 Å². The van der Waals surface area contributed by atoms with Crippen LogP contribution in [-0.4, -0.2) is 81.8 Å². The molecule has 8 heteroatoms. The van der Waals surface area contributed by atoms with E-state index in [0.29, 0.717) is 6.54 Å². The highest BCUT2D eigenvalue weighted by Gasteiger charge is 2.39. The highest BCUT2D eigenvalue weighted by Crippen LogP contribution is 2.31. The molecule has 3 rings (SSSR count). The Morgan fingerprint density at radius 3 is 2.38 bits per heavy atom. The molecule has 2 fully saturated rings. The van der Waals surface area contributed by atoms with Crippen molar-refractivity contribution in [2.75, 3.05) is 60.5 Å². The van der Waals surface area contributed by atoms with Crippen molar-refractivity contribution in [1.82, 2.24) is 20.4 Å². The van der Waals surface area contributed by atoms with Crippen LogP contribution in [0.4, 0.5) is 0 Å². The minimum absolute atomic E-state index is 0. The number of guanidine groups is 1. The average molecular weight is 560 g/mol. The third-order valence-electron chi connectivity index (χ3n) is 6.78. The molecule has 2 N–H and O–H groups in total. The van der Waals surface area contributed by atoms with E-state index in [0.717, 1.165) is 49.2 Å². The van der Waals surface area contributed by atoms with Crippen molar-refractivity contribution in [3.05, 3.63) is 23.8 Å². The predicted molar refractivity (Wildman–Crippen MR) is 143 cm³/mol. The van der Waals surface area contributed by atoms with Gasteiger partial charge in [-0.3, -0.25) is 4.90 Å². The first-order chi connectivity index (χ1) is 15.1. The normalized spacial score (nSPS) is 19.7. The molecule has 2 aliphatic heterocycles. The van der Waals surface area contributed by atoms with Gasteiger partial charge in [0.25, 0.3) is 0 Å². The Kier molecular flexibility index (Phi) is 11.3. The lowest BCUT2D eigenvalue weighted by molar-refractivity contribution is 0.0173. The summed E-state index contributed by atoms with van der Waals surface area (Å²) < 4.78 is 10.8. The average Bonchev–Trinajstić information content (AvgIpc) is 2.82. The van der Waals surface area contributed by atoms with Crippen molar-refractivity contribution in [2.24, 2.45) is 4.99 Å². The van der Waals surface area contributed by atoms with E-state index in [4.69, 9.17) is 14.5 Å². The lowest BCUT2D eigenvalue weighted by atomic mass is 9.84. The fourth-order valence-corrected chi connectivity index (χ4v) is 4.74. The summed E-state index contributed by atoms with van der Waals surface area (Å²) in [6, 6.07) is 5.89. The fraction of sp³-hybridized carbons (Fsp3) is 0.708. The molecular formula is C24H42IN5O2. The molecule has 32 heavy (non-hydrogen) atoms. The van der Waals surface area contributed by atoms with Gasteiger partial charge < -0.3 is 25.0 Å². The number of likely N-dealkylation sites (tertiary alicyclic amines) is 2. The van der Waals surface area contributed by atoms with E-state index >= 15 is 0 Å². The predicted octanol–water partition coefficient (Wildman–Crippen LogP) is 3.33. The number of piperidine rings is 2. The van der Waals surface area contributed by atoms with Gasteiger partial charge in [0.2, 0.25) is 0 Å². The summed E-state index contributed by atoms with van der Waals surface area (Å²) in [5.41, 5.74) is 1.27. The van der Waals surface area contributed by atoms with Crippen LogP contribution in [0.25, 0.3) is 0 Å². The molecule has 2 aliphatic rings. The molecule has 0 unspecified atom stereocenters. The van der Waals surface area contributed by atoms with Crippen LogP contribution in [0.2, 0.25) is 0 Å². The molecule has 0 spiro atoms. The summed E-state index contributed by atoms with van der Waals surface area (Å²) in [6.45, 7) is 9.22. The number of ether oxygens (including phenoxy) is 2. The minimum atomic E-state index is 0. The second-order valence-electron chi connectivity index (χ2n) is 8.80. The van der Waals surface area contributed by atoms with E-state index in [-0.39, 0.29) is 29.5 Å². The van der Waals surface area contributed by atoms with Crippen molar-refractivity contribution in [3.63, 3.8) is 0 Å². The molecule has 0 aromatic heterocycles. The van der Waals surface area contributed by atoms with Crippen LogP contribution in [0, 0.1) is 0 Å². The maximum absolute atomic E-state index is 5.54. The molecule has 0 amide bonds. The van der Waals surface area contributed by atoms with E-state index < -0.39 is 0 Å². The van der Waals surface area contributed by atoms with Gasteiger partial charge in [0.15, 0.2) is 5.96 Å². The number of aliphatic imine (C=N–C) groups is 1. The number of hydrogen-bond acceptors (Lipinski definition) is 5. The van der Waals surface area contributed by atoms with Gasteiger partial charge in [-0.1, -0.05) is 6.42 Å². The van der Waals surface area contributed by atoms with Crippen LogP contribution in [0.15, 0.2) is 23.2 Å². The Labute approximate surface area is 211 Å². The van der Waals surface area contributed by atoms with Gasteiger partial charge in [0.1, 0.15) is 11.5 Å². The molecule has 0 bridgehead atoms. The van der Waals surface area contributed by atoms with Crippen molar-refractivity contribution >= 4 is 29.9 Å². The fourth-order valence-electron chi connectivity index (χ4n) is 4.74. The number of rotatable bonds is 8. The summed E-state index contributed by atoms with van der Waals surface area (Å²) in [6.07, 6.45) is 6.43. The summed E-state index contributed by atoms with van der Waals surface area (Å²) in [7, 11) is 5.59. The van der Waals surface area contributed by atoms with E-state index in [9.17, 15) is 0 Å². The third-order valence-corrected chi connectivity index (χ3v) is 6.78. The Balaban J connectivity index is 0.00000363. The summed E-state index contributed by atoms with van der Waals surface area (Å²) in [4.78, 5) is 10.1. The van der Waals surface area contributed by atoms with Crippen LogP contribution >= 0.6 is 24.0 Å². The molecule has 1 aromatic rings. The molecule has 0 atom stereocenters. The third kappa shape index (κ3) is 7.12. The van der Waals surface area contributed by atoms with Crippen LogP contribution in [-0.2, 0) is 6.54 Å². The molecule has 1 aromatic carbocycles. The first-order valence-corrected chi connectivity index (χ1v) is 11.8. The van der Waals surface area contributed by atoms with E-state index in [1.54, 1.807) is 14.2 Å². The molecular weight excluding hydrogens is 517 g/mol. The first kappa shape index (κ1) is 27.0. The number of nitrogens with one attached hydrogen (secondary N) is 2. The van der Waals surface area contributed by atoms with Crippen LogP contribution in [0.5, 0.6) is 11.5 Å². The summed E-state index contributed by atoms with van der Waals surface area (Å²) in [5.74, 6) is 2.47. The maximum atomic E-state index is 5.54. The number of hydrogen-bond donors (Lipinski definition) is 2.